The van der Waals surface area contributed by atoms with Crippen molar-refractivity contribution in [3.8, 4) is 0 Å². The Morgan fingerprint density at radius 2 is 2.29 bits per heavy atom. The van der Waals surface area contributed by atoms with Crippen LogP contribution in [0.5, 0.6) is 0 Å². The maximum absolute atomic E-state index is 3.37. The van der Waals surface area contributed by atoms with Gasteiger partial charge in [-0.2, -0.15) is 4.58 Å². The van der Waals surface area contributed by atoms with Crippen molar-refractivity contribution in [1.82, 2.24) is 0 Å². The molecule has 0 aromatic rings. The summed E-state index contributed by atoms with van der Waals surface area (Å²) >= 11 is 0. The largest absolute Gasteiger partial charge is 0.220 e. The minimum Gasteiger partial charge on any atom is -0.184 e. The van der Waals surface area contributed by atoms with E-state index in [1.54, 1.807) is 0 Å². The van der Waals surface area contributed by atoms with Crippen molar-refractivity contribution in [2.24, 2.45) is 0 Å². The molecule has 0 N–H and O–H groups in total. The molecule has 0 unspecified atom stereocenters. The van der Waals surface area contributed by atoms with Crippen molar-refractivity contribution in [2.45, 2.75) is 6.92 Å². The van der Waals surface area contributed by atoms with Crippen molar-refractivity contribution in [1.29, 1.82) is 0 Å². The van der Waals surface area contributed by atoms with Crippen LogP contribution in [0.25, 0.3) is 0 Å². The van der Waals surface area contributed by atoms with Gasteiger partial charge in [-0.3, -0.25) is 0 Å². The van der Waals surface area contributed by atoms with Crippen LogP contribution in [0.4, 0.5) is 0 Å². The van der Waals surface area contributed by atoms with Gasteiger partial charge < -0.3 is 0 Å². The van der Waals surface area contributed by atoms with Crippen LogP contribution in [0.2, 0.25) is 0 Å². The summed E-state index contributed by atoms with van der Waals surface area (Å²) in [6, 6.07) is 0. The lowest BCUT2D eigenvalue weighted by Crippen LogP contribution is -1.99. The highest BCUT2D eigenvalue weighted by Crippen LogP contribution is 1.56. The Morgan fingerprint density at radius 1 is 1.71 bits per heavy atom. The van der Waals surface area contributed by atoms with Gasteiger partial charge in [-0.1, -0.05) is 0 Å². The fourth-order valence-corrected chi connectivity index (χ4v) is 0.214. The van der Waals surface area contributed by atoms with E-state index in [-0.39, 0.29) is 0 Å². The summed E-state index contributed by atoms with van der Waals surface area (Å²) in [6.45, 7) is 6.38. The van der Waals surface area contributed by atoms with E-state index in [4.69, 9.17) is 0 Å². The first kappa shape index (κ1) is 6.23. The topological polar surface area (TPSA) is 3.01 Å². The van der Waals surface area contributed by atoms with E-state index >= 15 is 0 Å². The van der Waals surface area contributed by atoms with Crippen LogP contribution in [0.3, 0.4) is 0 Å². The van der Waals surface area contributed by atoms with Crippen molar-refractivity contribution in [3.05, 3.63) is 12.3 Å². The molecule has 0 atom stereocenters. The second kappa shape index (κ2) is 3.42. The number of hydrogen-bond donors (Lipinski definition) is 0. The fourth-order valence-electron chi connectivity index (χ4n) is 0.214. The van der Waals surface area contributed by atoms with Crippen molar-refractivity contribution >= 4 is 5.87 Å². The molecule has 38 valence electrons. The molecule has 0 rings (SSSR count). The zero-order chi connectivity index (χ0) is 5.70. The van der Waals surface area contributed by atoms with Gasteiger partial charge in [-0.25, -0.2) is 0 Å². The molecule has 0 bridgehead atoms. The van der Waals surface area contributed by atoms with Gasteiger partial charge in [0.05, 0.1) is 0 Å². The second-order valence-corrected chi connectivity index (χ2v) is 1.30. The first-order valence-electron chi connectivity index (χ1n) is 2.30. The molecule has 0 aliphatic carbocycles. The lowest BCUT2D eigenvalue weighted by molar-refractivity contribution is -0.485. The fraction of sp³-hybridized carbons (Fsp3) is 0.500. The molecular formula is C6H10N+. The Morgan fingerprint density at radius 3 is 2.43 bits per heavy atom. The molecule has 0 radical (unpaired) electrons. The van der Waals surface area contributed by atoms with E-state index in [1.807, 2.05) is 18.5 Å². The summed E-state index contributed by atoms with van der Waals surface area (Å²) in [5, 5.41) is 0. The molecule has 0 aliphatic heterocycles. The Kier molecular flexibility index (Phi) is 3.04. The van der Waals surface area contributed by atoms with Crippen LogP contribution < -0.4 is 0 Å². The van der Waals surface area contributed by atoms with E-state index in [0.717, 1.165) is 6.54 Å². The summed E-state index contributed by atoms with van der Waals surface area (Å²) < 4.78 is 1.88. The van der Waals surface area contributed by atoms with Gasteiger partial charge in [0.2, 0.25) is 5.87 Å². The number of hydrogen-bond acceptors (Lipinski definition) is 0. The van der Waals surface area contributed by atoms with E-state index in [1.165, 1.54) is 0 Å². The summed E-state index contributed by atoms with van der Waals surface area (Å²) in [4.78, 5) is 0. The van der Waals surface area contributed by atoms with Gasteiger partial charge in [0, 0.05) is 0 Å². The van der Waals surface area contributed by atoms with E-state index in [0.29, 0.717) is 0 Å². The molecule has 0 aromatic carbocycles. The van der Waals surface area contributed by atoms with Gasteiger partial charge in [-0.15, -0.1) is 0 Å². The Balaban J connectivity index is 4.01. The maximum atomic E-state index is 3.37. The lowest BCUT2D eigenvalue weighted by atomic mass is 10.7. The number of rotatable bonds is 1. The zero-order valence-electron chi connectivity index (χ0n) is 4.86. The average molecular weight is 96.2 g/mol. The molecule has 7 heavy (non-hydrogen) atoms. The van der Waals surface area contributed by atoms with E-state index < -0.39 is 0 Å². The van der Waals surface area contributed by atoms with Crippen LogP contribution in [-0.4, -0.2) is 24.0 Å². The Hall–Kier alpha value is -0.770. The molecule has 0 heterocycles. The molecule has 0 saturated heterocycles. The minimum absolute atomic E-state index is 0.961. The molecule has 0 saturated carbocycles. The lowest BCUT2D eigenvalue weighted by Gasteiger charge is -1.76. The monoisotopic (exact) mass is 96.1 g/mol. The highest BCUT2D eigenvalue weighted by molar-refractivity contribution is 5.43. The van der Waals surface area contributed by atoms with Crippen molar-refractivity contribution in [2.75, 3.05) is 13.6 Å². The molecule has 0 aromatic heterocycles. The maximum Gasteiger partial charge on any atom is 0.220 e. The van der Waals surface area contributed by atoms with Crippen LogP contribution in [0.15, 0.2) is 12.3 Å². The van der Waals surface area contributed by atoms with Crippen molar-refractivity contribution in [3.63, 3.8) is 0 Å². The average Bonchev–Trinajstić information content (AvgIpc) is 1.68. The Bertz CT molecular complexity index is 123. The summed E-state index contributed by atoms with van der Waals surface area (Å²) in [7, 11) is 1.93. The third-order valence-corrected chi connectivity index (χ3v) is 0.744. The first-order valence-corrected chi connectivity index (χ1v) is 2.30. The zero-order valence-corrected chi connectivity index (χ0v) is 4.86. The normalized spacial score (nSPS) is 6.57. The predicted molar refractivity (Wildman–Crippen MR) is 30.9 cm³/mol. The van der Waals surface area contributed by atoms with E-state index in [9.17, 15) is 0 Å². The van der Waals surface area contributed by atoms with Crippen LogP contribution in [-0.2, 0) is 0 Å². The van der Waals surface area contributed by atoms with E-state index in [2.05, 4.69) is 18.2 Å². The van der Waals surface area contributed by atoms with Crippen molar-refractivity contribution < 1.29 is 4.58 Å². The third-order valence-electron chi connectivity index (χ3n) is 0.744. The molecule has 0 spiro atoms. The molecular weight excluding hydrogens is 86.1 g/mol. The van der Waals surface area contributed by atoms with Gasteiger partial charge >= 0.3 is 0 Å². The van der Waals surface area contributed by atoms with Crippen LogP contribution in [0.1, 0.15) is 6.92 Å². The van der Waals surface area contributed by atoms with Gasteiger partial charge in [0.25, 0.3) is 0 Å². The molecule has 0 fully saturated rings. The molecule has 1 nitrogen and oxygen atoms in total. The SMILES string of the molecule is C=C=C=[N+](C)CC. The van der Waals surface area contributed by atoms with Crippen LogP contribution in [0, 0.1) is 0 Å². The third kappa shape index (κ3) is 3.05. The standard InChI is InChI=1S/C6H10N/c1-4-6-7(3)5-2/h1,5H2,2-3H3/q+1. The number of nitrogens with zero attached hydrogens (tertiary/aromatic N) is 1. The molecule has 0 amide bonds. The highest BCUT2D eigenvalue weighted by Gasteiger charge is 1.78. The predicted octanol–water partition coefficient (Wildman–Crippen LogP) is 0.659. The minimum atomic E-state index is 0.961. The molecule has 0 aliphatic rings. The van der Waals surface area contributed by atoms with Gasteiger partial charge in [-0.05, 0) is 19.2 Å². The summed E-state index contributed by atoms with van der Waals surface area (Å²) in [5.41, 5.74) is 2.54. The van der Waals surface area contributed by atoms with Crippen LogP contribution >= 0.6 is 0 Å². The smallest absolute Gasteiger partial charge is 0.184 e. The second-order valence-electron chi connectivity index (χ2n) is 1.30. The first-order chi connectivity index (χ1) is 3.31. The quantitative estimate of drug-likeness (QED) is 0.256. The van der Waals surface area contributed by atoms with Gasteiger partial charge in [0.1, 0.15) is 13.6 Å². The molecule has 1 heteroatoms. The summed E-state index contributed by atoms with van der Waals surface area (Å²) in [6.07, 6.45) is 0. The van der Waals surface area contributed by atoms with Gasteiger partial charge in [0.15, 0.2) is 0 Å². The Labute approximate surface area is 44.3 Å². The highest BCUT2D eigenvalue weighted by atomic mass is 14.9. The summed E-state index contributed by atoms with van der Waals surface area (Å²) in [5.74, 6) is 2.77.